The Morgan fingerprint density at radius 3 is 2.53 bits per heavy atom. The van der Waals surface area contributed by atoms with E-state index in [-0.39, 0.29) is 5.75 Å². The molecule has 2 heterocycles. The van der Waals surface area contributed by atoms with E-state index in [0.29, 0.717) is 0 Å². The van der Waals surface area contributed by atoms with Gasteiger partial charge in [-0.2, -0.15) is 5.09 Å². The van der Waals surface area contributed by atoms with Crippen LogP contribution in [-0.2, 0) is 23.4 Å². The van der Waals surface area contributed by atoms with Gasteiger partial charge in [-0.1, -0.05) is 18.2 Å². The van der Waals surface area contributed by atoms with Gasteiger partial charge in [-0.15, -0.1) is 0 Å². The Balaban J connectivity index is 1.80. The average molecular weight is 527 g/mol. The molecule has 36 heavy (non-hydrogen) atoms. The van der Waals surface area contributed by atoms with E-state index >= 15 is 0 Å². The zero-order valence-corrected chi connectivity index (χ0v) is 21.1. The first-order chi connectivity index (χ1) is 16.8. The van der Waals surface area contributed by atoms with Crippen LogP contribution in [-0.4, -0.2) is 62.3 Å². The van der Waals surface area contributed by atoms with Crippen LogP contribution in [0.5, 0.6) is 5.75 Å². The number of ether oxygens (including phenoxy) is 2. The molecule has 1 saturated heterocycles. The van der Waals surface area contributed by atoms with Gasteiger partial charge < -0.3 is 24.2 Å². The minimum atomic E-state index is -4.26. The molecule has 14 heteroatoms. The number of aliphatic hydroxyl groups excluding tert-OH is 1. The van der Waals surface area contributed by atoms with Crippen LogP contribution in [0.4, 0.5) is 0 Å². The van der Waals surface area contributed by atoms with Crippen molar-refractivity contribution in [1.82, 2.24) is 14.6 Å². The van der Waals surface area contributed by atoms with Gasteiger partial charge in [0.05, 0.1) is 12.7 Å². The maximum absolute atomic E-state index is 13.6. The second-order valence-electron chi connectivity index (χ2n) is 8.75. The monoisotopic (exact) mass is 527 g/mol. The number of carbonyl (C=O) groups is 1. The third kappa shape index (κ3) is 6.49. The molecule has 0 bridgehead atoms. The molecular formula is C22H30N3O10P. The minimum Gasteiger partial charge on any atom is -0.462 e. The number of benzene rings is 1. The summed E-state index contributed by atoms with van der Waals surface area (Å²) in [6.07, 6.45) is -3.54. The molecule has 13 nitrogen and oxygen atoms in total. The number of aliphatic hydroxyl groups is 2. The maximum Gasteiger partial charge on any atom is 0.459 e. The van der Waals surface area contributed by atoms with Crippen molar-refractivity contribution in [3.8, 4) is 5.75 Å². The number of H-pyrrole nitrogens is 1. The van der Waals surface area contributed by atoms with Gasteiger partial charge in [0.15, 0.2) is 6.23 Å². The number of nitrogens with one attached hydrogen (secondary N) is 2. The van der Waals surface area contributed by atoms with Gasteiger partial charge in [-0.25, -0.2) is 9.36 Å². The summed E-state index contributed by atoms with van der Waals surface area (Å²) in [7, 11) is -4.26. The van der Waals surface area contributed by atoms with E-state index in [1.807, 2.05) is 4.98 Å². The molecule has 1 aromatic carbocycles. The van der Waals surface area contributed by atoms with Crippen LogP contribution in [0, 0.1) is 0 Å². The molecule has 2 aromatic rings. The molecule has 0 aliphatic carbocycles. The largest absolute Gasteiger partial charge is 0.462 e. The highest BCUT2D eigenvalue weighted by molar-refractivity contribution is 7.52. The van der Waals surface area contributed by atoms with Gasteiger partial charge in [-0.3, -0.25) is 23.7 Å². The first-order valence-corrected chi connectivity index (χ1v) is 12.7. The Bertz CT molecular complexity index is 1210. The SMILES string of the molecule is CC(C)OC(=O)[C@H](C)NP(=O)(OC[C@H]1O[C@@H](n2ccc(=O)[nH]c2=O)C(C)(O)[C@H]1O)Oc1ccccc1. The number of hydrogen-bond acceptors (Lipinski definition) is 10. The molecule has 1 aromatic heterocycles. The Morgan fingerprint density at radius 1 is 1.25 bits per heavy atom. The van der Waals surface area contributed by atoms with Crippen molar-refractivity contribution in [2.24, 2.45) is 0 Å². The summed E-state index contributed by atoms with van der Waals surface area (Å²) in [5, 5.41) is 24.0. The normalized spacial score (nSPS) is 26.4. The Morgan fingerprint density at radius 2 is 1.92 bits per heavy atom. The van der Waals surface area contributed by atoms with E-state index < -0.39 is 67.8 Å². The number of aromatic nitrogens is 2. The van der Waals surface area contributed by atoms with Crippen molar-refractivity contribution in [1.29, 1.82) is 0 Å². The fourth-order valence-electron chi connectivity index (χ4n) is 3.50. The second kappa shape index (κ2) is 11.1. The first kappa shape index (κ1) is 27.8. The lowest BCUT2D eigenvalue weighted by atomic mass is 9.96. The molecule has 2 unspecified atom stereocenters. The van der Waals surface area contributed by atoms with E-state index in [1.54, 1.807) is 32.0 Å². The Labute approximate surface area is 206 Å². The maximum atomic E-state index is 13.6. The van der Waals surface area contributed by atoms with Crippen molar-refractivity contribution in [3.05, 3.63) is 63.4 Å². The van der Waals surface area contributed by atoms with Gasteiger partial charge >= 0.3 is 19.4 Å². The molecule has 1 fully saturated rings. The van der Waals surface area contributed by atoms with Crippen LogP contribution in [0.2, 0.25) is 0 Å². The number of esters is 1. The summed E-state index contributed by atoms with van der Waals surface area (Å²) in [4.78, 5) is 37.9. The van der Waals surface area contributed by atoms with Crippen LogP contribution in [0.3, 0.4) is 0 Å². The highest BCUT2D eigenvalue weighted by Crippen LogP contribution is 2.46. The summed E-state index contributed by atoms with van der Waals surface area (Å²) in [6, 6.07) is 8.02. The van der Waals surface area contributed by atoms with Crippen LogP contribution in [0.1, 0.15) is 33.9 Å². The van der Waals surface area contributed by atoms with Gasteiger partial charge in [0, 0.05) is 12.3 Å². The minimum absolute atomic E-state index is 0.176. The summed E-state index contributed by atoms with van der Waals surface area (Å²) >= 11 is 0. The van der Waals surface area contributed by atoms with Crippen LogP contribution < -0.4 is 20.9 Å². The van der Waals surface area contributed by atoms with Gasteiger partial charge in [0.25, 0.3) is 5.56 Å². The summed E-state index contributed by atoms with van der Waals surface area (Å²) in [6.45, 7) is 5.42. The molecule has 0 amide bonds. The number of nitrogens with zero attached hydrogens (tertiary/aromatic N) is 1. The molecule has 1 aliphatic rings. The number of aromatic amines is 1. The topological polar surface area (TPSA) is 178 Å². The Kier molecular flexibility index (Phi) is 8.55. The molecule has 1 aliphatic heterocycles. The summed E-state index contributed by atoms with van der Waals surface area (Å²) in [5.41, 5.74) is -3.49. The highest BCUT2D eigenvalue weighted by atomic mass is 31.2. The number of rotatable bonds is 10. The highest BCUT2D eigenvalue weighted by Gasteiger charge is 2.54. The lowest BCUT2D eigenvalue weighted by molar-refractivity contribution is -0.149. The van der Waals surface area contributed by atoms with Gasteiger partial charge in [-0.05, 0) is 39.8 Å². The second-order valence-corrected chi connectivity index (χ2v) is 10.4. The third-order valence-electron chi connectivity index (χ3n) is 5.29. The van der Waals surface area contributed by atoms with Crippen molar-refractivity contribution >= 4 is 13.7 Å². The summed E-state index contributed by atoms with van der Waals surface area (Å²) in [5.74, 6) is -0.515. The van der Waals surface area contributed by atoms with Crippen molar-refractivity contribution in [2.75, 3.05) is 6.61 Å². The van der Waals surface area contributed by atoms with E-state index in [4.69, 9.17) is 18.5 Å². The number of carbonyl (C=O) groups excluding carboxylic acids is 1. The van der Waals surface area contributed by atoms with Gasteiger partial charge in [0.1, 0.15) is 29.6 Å². The van der Waals surface area contributed by atoms with E-state index in [0.717, 1.165) is 16.8 Å². The Hall–Kier alpha value is -2.80. The molecule has 0 saturated carbocycles. The fraction of sp³-hybridized carbons (Fsp3) is 0.500. The smallest absolute Gasteiger partial charge is 0.459 e. The predicted molar refractivity (Wildman–Crippen MR) is 126 cm³/mol. The average Bonchev–Trinajstić information content (AvgIpc) is 3.01. The van der Waals surface area contributed by atoms with Crippen LogP contribution in [0.25, 0.3) is 0 Å². The molecule has 0 spiro atoms. The summed E-state index contributed by atoms with van der Waals surface area (Å²) < 4.78 is 36.3. The third-order valence-corrected chi connectivity index (χ3v) is 6.94. The molecule has 3 rings (SSSR count). The standard InChI is InChI=1S/C22H30N3O10P/c1-13(2)33-19(28)14(3)24-36(31,35-15-8-6-5-7-9-15)32-12-16-18(27)22(4,30)20(34-16)25-11-10-17(26)23-21(25)29/h5-11,13-14,16,18,20,27,30H,12H2,1-4H3,(H,24,31)(H,23,26,29)/t14-,16+,18-,20+,22?,36?/m0/s1. The van der Waals surface area contributed by atoms with Crippen molar-refractivity contribution in [3.63, 3.8) is 0 Å². The van der Waals surface area contributed by atoms with Crippen LogP contribution >= 0.6 is 7.75 Å². The number of hydrogen-bond donors (Lipinski definition) is 4. The van der Waals surface area contributed by atoms with Crippen molar-refractivity contribution < 1.29 is 38.1 Å². The lowest BCUT2D eigenvalue weighted by Crippen LogP contribution is -2.47. The number of para-hydroxylation sites is 1. The lowest BCUT2D eigenvalue weighted by Gasteiger charge is -2.27. The quantitative estimate of drug-likeness (QED) is 0.252. The molecule has 6 atom stereocenters. The van der Waals surface area contributed by atoms with E-state index in [1.165, 1.54) is 26.0 Å². The zero-order valence-electron chi connectivity index (χ0n) is 20.2. The van der Waals surface area contributed by atoms with E-state index in [9.17, 15) is 29.2 Å². The van der Waals surface area contributed by atoms with E-state index in [2.05, 4.69) is 5.09 Å². The first-order valence-electron chi connectivity index (χ1n) is 11.2. The van der Waals surface area contributed by atoms with Crippen LogP contribution in [0.15, 0.2) is 52.2 Å². The fourth-order valence-corrected chi connectivity index (χ4v) is 5.00. The molecule has 198 valence electrons. The molecular weight excluding hydrogens is 497 g/mol. The van der Waals surface area contributed by atoms with Gasteiger partial charge in [0.2, 0.25) is 0 Å². The predicted octanol–water partition coefficient (Wildman–Crippen LogP) is 0.679. The molecule has 0 radical (unpaired) electrons. The van der Waals surface area contributed by atoms with Crippen molar-refractivity contribution in [2.45, 2.75) is 63.9 Å². The zero-order chi connectivity index (χ0) is 26.7. The molecule has 4 N–H and O–H groups in total.